The van der Waals surface area contributed by atoms with E-state index in [1.165, 1.54) is 37.9 Å². The number of ether oxygens (including phenoxy) is 1. The molecule has 2 fully saturated rings. The van der Waals surface area contributed by atoms with Crippen molar-refractivity contribution >= 4 is 23.3 Å². The maximum Gasteiger partial charge on any atom is 0.341 e. The summed E-state index contributed by atoms with van der Waals surface area (Å²) in [5, 5.41) is 6.75. The first-order valence-electron chi connectivity index (χ1n) is 11.8. The Morgan fingerprint density at radius 1 is 1.09 bits per heavy atom. The molecule has 3 aromatic rings. The molecule has 8 nitrogen and oxygen atoms in total. The van der Waals surface area contributed by atoms with Crippen LogP contribution in [0.15, 0.2) is 55.0 Å². The molecule has 5 rings (SSSR count). The number of rotatable bonds is 7. The number of anilines is 3. The zero-order chi connectivity index (χ0) is 24.2. The lowest BCUT2D eigenvalue weighted by Gasteiger charge is -2.39. The van der Waals surface area contributed by atoms with E-state index in [1.807, 2.05) is 6.07 Å². The number of carbonyl (C=O) groups excluding carboxylic acids is 1. The van der Waals surface area contributed by atoms with Gasteiger partial charge in [0.15, 0.2) is 0 Å². The molecular formula is C27H28N6O2. The lowest BCUT2D eigenvalue weighted by Crippen LogP contribution is -2.46. The first kappa shape index (κ1) is 22.8. The van der Waals surface area contributed by atoms with E-state index in [1.54, 1.807) is 6.20 Å². The lowest BCUT2D eigenvalue weighted by atomic mass is 9.96. The fourth-order valence-electron chi connectivity index (χ4n) is 5.18. The SMILES string of the molecule is C#Cc1cnc(Nc2cc(N[C@H]3C[C@H]4CC[C@@H](C3)N4Cc3ccccc3)c(C(=O)OC)cn2)cn1. The number of piperidine rings is 1. The standard InChI is InChI=1S/C27H28N6O2/c1-3-19-14-29-26(16-28-19)32-25-13-24(23(15-30-25)27(34)35-2)31-20-11-21-9-10-22(12-20)33(21)17-18-7-5-4-6-8-18/h1,4-8,13-16,20-22H,9-12,17H2,2H3,(H2,29,30,31,32)/t20-,21+,22-. The molecule has 3 atom stereocenters. The van der Waals surface area contributed by atoms with Gasteiger partial charge in [0.2, 0.25) is 0 Å². The van der Waals surface area contributed by atoms with Crippen LogP contribution in [0.25, 0.3) is 0 Å². The van der Waals surface area contributed by atoms with Crippen LogP contribution in [0.2, 0.25) is 0 Å². The summed E-state index contributed by atoms with van der Waals surface area (Å²) < 4.78 is 5.00. The normalized spacial score (nSPS) is 21.2. The van der Waals surface area contributed by atoms with Crippen molar-refractivity contribution in [3.05, 3.63) is 71.8 Å². The third-order valence-corrected chi connectivity index (χ3v) is 6.82. The van der Waals surface area contributed by atoms with E-state index in [2.05, 4.69) is 66.7 Å². The highest BCUT2D eigenvalue weighted by molar-refractivity contribution is 5.96. The molecule has 178 valence electrons. The second-order valence-electron chi connectivity index (χ2n) is 9.02. The number of fused-ring (bicyclic) bond motifs is 2. The predicted molar refractivity (Wildman–Crippen MR) is 134 cm³/mol. The lowest BCUT2D eigenvalue weighted by molar-refractivity contribution is 0.0601. The van der Waals surface area contributed by atoms with Crippen molar-refractivity contribution in [1.82, 2.24) is 19.9 Å². The van der Waals surface area contributed by atoms with Gasteiger partial charge in [-0.25, -0.2) is 19.7 Å². The van der Waals surface area contributed by atoms with E-state index < -0.39 is 5.97 Å². The third kappa shape index (κ3) is 5.10. The first-order valence-corrected chi connectivity index (χ1v) is 11.8. The van der Waals surface area contributed by atoms with Crippen molar-refractivity contribution in [1.29, 1.82) is 0 Å². The summed E-state index contributed by atoms with van der Waals surface area (Å²) in [6.07, 6.45) is 14.4. The summed E-state index contributed by atoms with van der Waals surface area (Å²) in [6.45, 7) is 0.985. The van der Waals surface area contributed by atoms with Gasteiger partial charge in [-0.1, -0.05) is 30.3 Å². The molecule has 2 aromatic heterocycles. The van der Waals surface area contributed by atoms with Crippen LogP contribution in [-0.4, -0.2) is 51.1 Å². The van der Waals surface area contributed by atoms with Crippen molar-refractivity contribution in [3.63, 3.8) is 0 Å². The Morgan fingerprint density at radius 3 is 2.49 bits per heavy atom. The van der Waals surface area contributed by atoms with Crippen LogP contribution in [0.4, 0.5) is 17.3 Å². The van der Waals surface area contributed by atoms with Crippen LogP contribution in [0, 0.1) is 12.3 Å². The van der Waals surface area contributed by atoms with Gasteiger partial charge in [0, 0.05) is 36.9 Å². The fraction of sp³-hybridized carbons (Fsp3) is 0.333. The molecule has 2 bridgehead atoms. The molecule has 0 unspecified atom stereocenters. The van der Waals surface area contributed by atoms with Crippen LogP contribution in [-0.2, 0) is 11.3 Å². The maximum absolute atomic E-state index is 12.4. The Bertz CT molecular complexity index is 1210. The highest BCUT2D eigenvalue weighted by atomic mass is 16.5. The zero-order valence-corrected chi connectivity index (χ0v) is 19.6. The van der Waals surface area contributed by atoms with Gasteiger partial charge in [0.05, 0.1) is 25.2 Å². The van der Waals surface area contributed by atoms with Crippen LogP contribution in [0.3, 0.4) is 0 Å². The van der Waals surface area contributed by atoms with Gasteiger partial charge in [0.25, 0.3) is 0 Å². The fourth-order valence-corrected chi connectivity index (χ4v) is 5.18. The Kier molecular flexibility index (Phi) is 6.59. The molecule has 2 aliphatic heterocycles. The molecular weight excluding hydrogens is 440 g/mol. The summed E-state index contributed by atoms with van der Waals surface area (Å²) >= 11 is 0. The summed E-state index contributed by atoms with van der Waals surface area (Å²) in [6, 6.07) is 13.8. The second-order valence-corrected chi connectivity index (χ2v) is 9.02. The van der Waals surface area contributed by atoms with Gasteiger partial charge in [-0.2, -0.15) is 0 Å². The van der Waals surface area contributed by atoms with Gasteiger partial charge in [0.1, 0.15) is 22.9 Å². The van der Waals surface area contributed by atoms with E-state index in [9.17, 15) is 4.79 Å². The molecule has 4 heterocycles. The van der Waals surface area contributed by atoms with Crippen molar-refractivity contribution in [2.45, 2.75) is 50.4 Å². The highest BCUT2D eigenvalue weighted by Crippen LogP contribution is 2.38. The molecule has 0 saturated carbocycles. The molecule has 0 amide bonds. The molecule has 2 N–H and O–H groups in total. The first-order chi connectivity index (χ1) is 17.1. The highest BCUT2D eigenvalue weighted by Gasteiger charge is 2.40. The molecule has 2 aliphatic rings. The van der Waals surface area contributed by atoms with Crippen molar-refractivity contribution < 1.29 is 9.53 Å². The summed E-state index contributed by atoms with van der Waals surface area (Å²) in [4.78, 5) is 27.9. The van der Waals surface area contributed by atoms with E-state index in [4.69, 9.17) is 11.2 Å². The molecule has 8 heteroatoms. The Labute approximate surface area is 205 Å². The summed E-state index contributed by atoms with van der Waals surface area (Å²) in [7, 11) is 1.38. The monoisotopic (exact) mass is 468 g/mol. The average molecular weight is 469 g/mol. The molecule has 0 aliphatic carbocycles. The number of aromatic nitrogens is 3. The Morgan fingerprint density at radius 2 is 1.83 bits per heavy atom. The van der Waals surface area contributed by atoms with Crippen LogP contribution < -0.4 is 10.6 Å². The minimum Gasteiger partial charge on any atom is -0.465 e. The number of carbonyl (C=O) groups is 1. The number of benzene rings is 1. The number of hydrogen-bond donors (Lipinski definition) is 2. The van der Waals surface area contributed by atoms with Crippen LogP contribution >= 0.6 is 0 Å². The number of terminal acetylenes is 1. The summed E-state index contributed by atoms with van der Waals surface area (Å²) in [5.74, 6) is 3.09. The molecule has 0 spiro atoms. The van der Waals surface area contributed by atoms with Gasteiger partial charge in [-0.15, -0.1) is 6.42 Å². The van der Waals surface area contributed by atoms with Crippen molar-refractivity contribution in [3.8, 4) is 12.3 Å². The van der Waals surface area contributed by atoms with Gasteiger partial charge in [-0.3, -0.25) is 4.90 Å². The maximum atomic E-state index is 12.4. The zero-order valence-electron chi connectivity index (χ0n) is 19.6. The number of methoxy groups -OCH3 is 1. The topological polar surface area (TPSA) is 92.3 Å². The number of nitrogens with one attached hydrogen (secondary N) is 2. The van der Waals surface area contributed by atoms with Gasteiger partial charge >= 0.3 is 5.97 Å². The minimum atomic E-state index is -0.422. The summed E-state index contributed by atoms with van der Waals surface area (Å²) in [5.41, 5.74) is 2.92. The third-order valence-electron chi connectivity index (χ3n) is 6.82. The van der Waals surface area contributed by atoms with E-state index in [-0.39, 0.29) is 6.04 Å². The Balaban J connectivity index is 1.31. The average Bonchev–Trinajstić information content (AvgIpc) is 3.11. The number of nitrogens with zero attached hydrogens (tertiary/aromatic N) is 4. The molecule has 35 heavy (non-hydrogen) atoms. The number of esters is 1. The van der Waals surface area contributed by atoms with E-state index in [0.717, 1.165) is 19.4 Å². The van der Waals surface area contributed by atoms with Crippen LogP contribution in [0.5, 0.6) is 0 Å². The molecule has 1 aromatic carbocycles. The van der Waals surface area contributed by atoms with Crippen molar-refractivity contribution in [2.24, 2.45) is 0 Å². The largest absolute Gasteiger partial charge is 0.465 e. The molecule has 2 saturated heterocycles. The number of pyridine rings is 1. The quantitative estimate of drug-likeness (QED) is 0.397. The Hall–Kier alpha value is -3.96. The van der Waals surface area contributed by atoms with Gasteiger partial charge in [-0.05, 0) is 37.2 Å². The van der Waals surface area contributed by atoms with E-state index in [0.29, 0.717) is 40.7 Å². The second kappa shape index (κ2) is 10.1. The predicted octanol–water partition coefficient (Wildman–Crippen LogP) is 3.99. The van der Waals surface area contributed by atoms with Crippen molar-refractivity contribution in [2.75, 3.05) is 17.7 Å². The van der Waals surface area contributed by atoms with Crippen LogP contribution in [0.1, 0.15) is 47.3 Å². The smallest absolute Gasteiger partial charge is 0.341 e. The minimum absolute atomic E-state index is 0.257. The van der Waals surface area contributed by atoms with E-state index >= 15 is 0 Å². The number of hydrogen-bond acceptors (Lipinski definition) is 8. The van der Waals surface area contributed by atoms with Gasteiger partial charge < -0.3 is 15.4 Å². The molecule has 0 radical (unpaired) electrons.